The highest BCUT2D eigenvalue weighted by molar-refractivity contribution is 5.88. The molecule has 1 N–H and O–H groups in total. The van der Waals surface area contributed by atoms with Crippen molar-refractivity contribution >= 4 is 28.9 Å². The van der Waals surface area contributed by atoms with Crippen LogP contribution in [0.15, 0.2) is 96.6 Å². The maximum Gasteiger partial charge on any atom is 0.415 e. The van der Waals surface area contributed by atoms with Crippen molar-refractivity contribution < 1.29 is 33.3 Å². The van der Waals surface area contributed by atoms with Crippen LogP contribution < -0.4 is 9.47 Å². The molecule has 4 rings (SSSR count). The van der Waals surface area contributed by atoms with Gasteiger partial charge in [-0.2, -0.15) is 0 Å². The molecule has 0 radical (unpaired) electrons. The monoisotopic (exact) mass is 585 g/mol. The number of nitrogens with zero attached hydrogens (tertiary/aromatic N) is 1. The molecule has 4 aromatic carbocycles. The molecule has 224 valence electrons. The highest BCUT2D eigenvalue weighted by Crippen LogP contribution is 2.29. The molecule has 0 bridgehead atoms. The number of carboxylic acid groups (broad SMARTS) is 1. The van der Waals surface area contributed by atoms with E-state index < -0.39 is 24.6 Å². The SMILES string of the molecule is CCCC(F)OC(=O)N(CCc1ccc(OC)cc1)C(Oc1cccc2ccccc12)C(C)=Cc1ccc(C(=O)O)cc1. The Kier molecular flexibility index (Phi) is 10.7. The van der Waals surface area contributed by atoms with E-state index in [1.807, 2.05) is 86.7 Å². The largest absolute Gasteiger partial charge is 0.497 e. The Morgan fingerprint density at radius 2 is 1.65 bits per heavy atom. The Hall–Kier alpha value is -4.85. The molecule has 43 heavy (non-hydrogen) atoms. The lowest BCUT2D eigenvalue weighted by Gasteiger charge is -2.33. The molecule has 1 amide bonds. The van der Waals surface area contributed by atoms with Gasteiger partial charge in [0.05, 0.1) is 12.7 Å². The molecule has 2 atom stereocenters. The summed E-state index contributed by atoms with van der Waals surface area (Å²) >= 11 is 0. The van der Waals surface area contributed by atoms with Gasteiger partial charge in [-0.1, -0.05) is 73.7 Å². The summed E-state index contributed by atoms with van der Waals surface area (Å²) in [5, 5.41) is 11.1. The quantitative estimate of drug-likeness (QED) is 0.160. The molecule has 0 aromatic heterocycles. The first-order valence-electron chi connectivity index (χ1n) is 14.2. The van der Waals surface area contributed by atoms with E-state index in [-0.39, 0.29) is 18.5 Å². The van der Waals surface area contributed by atoms with Crippen LogP contribution in [0, 0.1) is 0 Å². The van der Waals surface area contributed by atoms with Gasteiger partial charge in [-0.05, 0) is 72.2 Å². The van der Waals surface area contributed by atoms with E-state index in [0.29, 0.717) is 35.5 Å². The number of alkyl halides is 1. The zero-order valence-corrected chi connectivity index (χ0v) is 24.5. The van der Waals surface area contributed by atoms with Gasteiger partial charge in [-0.15, -0.1) is 0 Å². The molecular formula is C35H36FNO6. The normalized spacial score (nSPS) is 12.8. The van der Waals surface area contributed by atoms with Crippen LogP contribution in [0.4, 0.5) is 9.18 Å². The Bertz CT molecular complexity index is 1550. The van der Waals surface area contributed by atoms with Crippen molar-refractivity contribution in [3.05, 3.63) is 113 Å². The van der Waals surface area contributed by atoms with Gasteiger partial charge >= 0.3 is 12.1 Å². The molecule has 0 fully saturated rings. The lowest BCUT2D eigenvalue weighted by Crippen LogP contribution is -2.46. The van der Waals surface area contributed by atoms with Crippen LogP contribution in [0.5, 0.6) is 11.5 Å². The van der Waals surface area contributed by atoms with Gasteiger partial charge < -0.3 is 19.3 Å². The Labute approximate surface area is 251 Å². The standard InChI is InChI=1S/C35H36FNO6/c1-4-8-32(36)43-35(40)37(22-21-25-15-19-29(41-3)20-16-25)33(24(2)23-26-13-17-28(18-14-26)34(38)39)42-31-12-7-10-27-9-5-6-11-30(27)31/h5-7,9-20,23,32-33H,4,8,21-22H2,1-3H3,(H,38,39). The summed E-state index contributed by atoms with van der Waals surface area (Å²) in [7, 11) is 1.59. The van der Waals surface area contributed by atoms with Gasteiger partial charge in [0.2, 0.25) is 6.36 Å². The van der Waals surface area contributed by atoms with Gasteiger partial charge in [0.15, 0.2) is 6.23 Å². The maximum atomic E-state index is 14.6. The van der Waals surface area contributed by atoms with Crippen molar-refractivity contribution in [2.75, 3.05) is 13.7 Å². The number of aromatic carboxylic acids is 1. The number of carbonyl (C=O) groups excluding carboxylic acids is 1. The van der Waals surface area contributed by atoms with E-state index in [1.54, 1.807) is 19.2 Å². The van der Waals surface area contributed by atoms with E-state index >= 15 is 0 Å². The summed E-state index contributed by atoms with van der Waals surface area (Å²) in [5.74, 6) is 0.235. The zero-order valence-electron chi connectivity index (χ0n) is 24.5. The number of hydrogen-bond acceptors (Lipinski definition) is 5. The average Bonchev–Trinajstić information content (AvgIpc) is 3.01. The summed E-state index contributed by atoms with van der Waals surface area (Å²) < 4.78 is 31.7. The summed E-state index contributed by atoms with van der Waals surface area (Å²) in [6, 6.07) is 27.3. The fraction of sp³-hybridized carbons (Fsp3) is 0.257. The maximum absolute atomic E-state index is 14.6. The smallest absolute Gasteiger partial charge is 0.415 e. The van der Waals surface area contributed by atoms with Crippen molar-refractivity contribution in [3.8, 4) is 11.5 Å². The van der Waals surface area contributed by atoms with E-state index in [0.717, 1.165) is 16.3 Å². The number of hydrogen-bond donors (Lipinski definition) is 1. The zero-order chi connectivity index (χ0) is 30.8. The molecule has 7 nitrogen and oxygen atoms in total. The van der Waals surface area contributed by atoms with E-state index in [4.69, 9.17) is 14.2 Å². The number of methoxy groups -OCH3 is 1. The third-order valence-electron chi connectivity index (χ3n) is 6.99. The number of halogens is 1. The molecule has 4 aromatic rings. The summed E-state index contributed by atoms with van der Waals surface area (Å²) in [6.45, 7) is 3.80. The second-order valence-electron chi connectivity index (χ2n) is 10.1. The minimum absolute atomic E-state index is 0.0810. The van der Waals surface area contributed by atoms with Crippen molar-refractivity contribution in [3.63, 3.8) is 0 Å². The number of amides is 1. The van der Waals surface area contributed by atoms with Crippen LogP contribution in [0.3, 0.4) is 0 Å². The number of carbonyl (C=O) groups is 2. The van der Waals surface area contributed by atoms with Crippen LogP contribution in [0.1, 0.15) is 48.2 Å². The molecule has 0 saturated carbocycles. The van der Waals surface area contributed by atoms with Crippen LogP contribution >= 0.6 is 0 Å². The summed E-state index contributed by atoms with van der Waals surface area (Å²) in [4.78, 5) is 26.3. The second kappa shape index (κ2) is 14.9. The summed E-state index contributed by atoms with van der Waals surface area (Å²) in [5.41, 5.74) is 2.45. The number of ether oxygens (including phenoxy) is 3. The third kappa shape index (κ3) is 8.35. The number of benzene rings is 4. The molecule has 8 heteroatoms. The molecule has 0 saturated heterocycles. The van der Waals surface area contributed by atoms with Gasteiger partial charge in [-0.3, -0.25) is 4.90 Å². The predicted molar refractivity (Wildman–Crippen MR) is 165 cm³/mol. The van der Waals surface area contributed by atoms with Gasteiger partial charge in [0.25, 0.3) is 0 Å². The molecule has 0 aliphatic rings. The van der Waals surface area contributed by atoms with Crippen molar-refractivity contribution in [1.29, 1.82) is 0 Å². The molecule has 2 unspecified atom stereocenters. The average molecular weight is 586 g/mol. The molecule has 0 heterocycles. The second-order valence-corrected chi connectivity index (χ2v) is 10.1. The lowest BCUT2D eigenvalue weighted by molar-refractivity contribution is -0.0323. The number of carboxylic acids is 1. The number of rotatable bonds is 13. The molecular weight excluding hydrogens is 549 g/mol. The minimum atomic E-state index is -1.76. The Morgan fingerprint density at radius 3 is 2.33 bits per heavy atom. The third-order valence-corrected chi connectivity index (χ3v) is 6.99. The molecule has 0 spiro atoms. The first-order chi connectivity index (χ1) is 20.8. The molecule has 0 aliphatic carbocycles. The Morgan fingerprint density at radius 1 is 0.953 bits per heavy atom. The minimum Gasteiger partial charge on any atom is -0.497 e. The van der Waals surface area contributed by atoms with Crippen molar-refractivity contribution in [2.24, 2.45) is 0 Å². The predicted octanol–water partition coefficient (Wildman–Crippen LogP) is 8.13. The van der Waals surface area contributed by atoms with Gasteiger partial charge in [-0.25, -0.2) is 14.0 Å². The fourth-order valence-corrected chi connectivity index (χ4v) is 4.69. The highest BCUT2D eigenvalue weighted by atomic mass is 19.1. The van der Waals surface area contributed by atoms with Gasteiger partial charge in [0, 0.05) is 18.4 Å². The van der Waals surface area contributed by atoms with Crippen LogP contribution in [0.25, 0.3) is 16.8 Å². The van der Waals surface area contributed by atoms with Crippen molar-refractivity contribution in [1.82, 2.24) is 4.90 Å². The first kappa shape index (κ1) is 31.1. The number of fused-ring (bicyclic) bond motifs is 1. The van der Waals surface area contributed by atoms with E-state index in [1.165, 1.54) is 17.0 Å². The van der Waals surface area contributed by atoms with Crippen LogP contribution in [0.2, 0.25) is 0 Å². The fourth-order valence-electron chi connectivity index (χ4n) is 4.69. The Balaban J connectivity index is 1.74. The topological polar surface area (TPSA) is 85.3 Å². The van der Waals surface area contributed by atoms with E-state index in [9.17, 15) is 19.1 Å². The first-order valence-corrected chi connectivity index (χ1v) is 14.2. The van der Waals surface area contributed by atoms with Gasteiger partial charge in [0.1, 0.15) is 11.5 Å². The van der Waals surface area contributed by atoms with E-state index in [2.05, 4.69) is 0 Å². The lowest BCUT2D eigenvalue weighted by atomic mass is 10.1. The van der Waals surface area contributed by atoms with Crippen molar-refractivity contribution in [2.45, 2.75) is 45.7 Å². The highest BCUT2D eigenvalue weighted by Gasteiger charge is 2.30. The summed E-state index contributed by atoms with van der Waals surface area (Å²) in [6.07, 6.45) is -0.710. The molecule has 0 aliphatic heterocycles. The van der Waals surface area contributed by atoms with Crippen LogP contribution in [-0.4, -0.2) is 48.3 Å². The van der Waals surface area contributed by atoms with Crippen LogP contribution in [-0.2, 0) is 11.2 Å².